The maximum atomic E-state index is 12.9. The summed E-state index contributed by atoms with van der Waals surface area (Å²) < 4.78 is 15.7. The molecule has 32 heavy (non-hydrogen) atoms. The minimum atomic E-state index is -1.06. The highest BCUT2D eigenvalue weighted by Gasteiger charge is 2.47. The molecule has 0 spiro atoms. The molecule has 2 heterocycles. The molecule has 1 atom stereocenters. The van der Waals surface area contributed by atoms with Crippen LogP contribution in [0.2, 0.25) is 0 Å². The maximum Gasteiger partial charge on any atom is 0.325 e. The zero-order valence-corrected chi connectivity index (χ0v) is 18.0. The Morgan fingerprint density at radius 1 is 1.12 bits per heavy atom. The number of hydrogen-bond acceptors (Lipinski definition) is 6. The molecular formula is C23H25N3O6. The molecule has 0 aromatic heterocycles. The highest BCUT2D eigenvalue weighted by molar-refractivity contribution is 6.08. The second-order valence-electron chi connectivity index (χ2n) is 7.97. The molecule has 9 heteroatoms. The van der Waals surface area contributed by atoms with Gasteiger partial charge in [-0.25, -0.2) is 4.79 Å². The van der Waals surface area contributed by atoms with Crippen molar-refractivity contribution < 1.29 is 28.6 Å². The highest BCUT2D eigenvalue weighted by Crippen LogP contribution is 2.32. The van der Waals surface area contributed by atoms with Crippen LogP contribution in [0.3, 0.4) is 0 Å². The number of rotatable bonds is 8. The molecule has 2 aliphatic rings. The average molecular weight is 439 g/mol. The molecule has 1 fully saturated rings. The maximum absolute atomic E-state index is 12.9. The van der Waals surface area contributed by atoms with E-state index in [2.05, 4.69) is 10.6 Å². The molecule has 4 rings (SSSR count). The van der Waals surface area contributed by atoms with Gasteiger partial charge in [0.2, 0.25) is 12.7 Å². The smallest absolute Gasteiger partial charge is 0.325 e. The molecule has 9 nitrogen and oxygen atoms in total. The van der Waals surface area contributed by atoms with Crippen LogP contribution in [0, 0.1) is 0 Å². The number of methoxy groups -OCH3 is 1. The summed E-state index contributed by atoms with van der Waals surface area (Å²) >= 11 is 0. The molecule has 4 amide bonds. The number of carbonyl (C=O) groups excluding carboxylic acids is 3. The molecule has 2 N–H and O–H groups in total. The fraction of sp³-hybridized carbons (Fsp3) is 0.348. The van der Waals surface area contributed by atoms with Gasteiger partial charge in [0, 0.05) is 6.54 Å². The van der Waals surface area contributed by atoms with Gasteiger partial charge in [0.15, 0.2) is 11.5 Å². The normalized spacial score (nSPS) is 19.1. The van der Waals surface area contributed by atoms with Crippen molar-refractivity contribution in [2.45, 2.75) is 31.8 Å². The second kappa shape index (κ2) is 8.78. The first kappa shape index (κ1) is 21.5. The van der Waals surface area contributed by atoms with Crippen LogP contribution >= 0.6 is 0 Å². The minimum Gasteiger partial charge on any atom is -0.497 e. The molecule has 1 saturated heterocycles. The molecule has 2 aromatic carbocycles. The number of nitrogens with one attached hydrogen (secondary N) is 2. The van der Waals surface area contributed by atoms with Crippen molar-refractivity contribution in [3.63, 3.8) is 0 Å². The first-order chi connectivity index (χ1) is 15.4. The summed E-state index contributed by atoms with van der Waals surface area (Å²) in [6.07, 6.45) is 1.01. The predicted molar refractivity (Wildman–Crippen MR) is 114 cm³/mol. The van der Waals surface area contributed by atoms with Gasteiger partial charge < -0.3 is 24.8 Å². The van der Waals surface area contributed by atoms with E-state index in [1.54, 1.807) is 26.2 Å². The van der Waals surface area contributed by atoms with Gasteiger partial charge in [-0.15, -0.1) is 0 Å². The first-order valence-electron chi connectivity index (χ1n) is 10.3. The van der Waals surface area contributed by atoms with Crippen molar-refractivity contribution in [3.05, 3.63) is 53.6 Å². The zero-order chi connectivity index (χ0) is 22.7. The quantitative estimate of drug-likeness (QED) is 0.610. The van der Waals surface area contributed by atoms with Crippen LogP contribution in [0.4, 0.5) is 4.79 Å². The number of urea groups is 1. The van der Waals surface area contributed by atoms with Gasteiger partial charge in [-0.3, -0.25) is 14.5 Å². The molecule has 2 aromatic rings. The third-order valence-electron chi connectivity index (χ3n) is 5.65. The summed E-state index contributed by atoms with van der Waals surface area (Å²) in [4.78, 5) is 38.7. The van der Waals surface area contributed by atoms with E-state index in [9.17, 15) is 14.4 Å². The van der Waals surface area contributed by atoms with E-state index >= 15 is 0 Å². The van der Waals surface area contributed by atoms with Crippen LogP contribution in [0.5, 0.6) is 17.2 Å². The lowest BCUT2D eigenvalue weighted by atomic mass is 9.93. The van der Waals surface area contributed by atoms with Crippen molar-refractivity contribution in [1.82, 2.24) is 15.5 Å². The summed E-state index contributed by atoms with van der Waals surface area (Å²) in [6, 6.07) is 12.4. The Balaban J connectivity index is 1.31. The number of ether oxygens (including phenoxy) is 3. The van der Waals surface area contributed by atoms with Crippen molar-refractivity contribution >= 4 is 17.8 Å². The summed E-state index contributed by atoms with van der Waals surface area (Å²) in [5.41, 5.74) is 0.785. The van der Waals surface area contributed by atoms with E-state index < -0.39 is 23.4 Å². The Labute approximate surface area is 185 Å². The van der Waals surface area contributed by atoms with Crippen LogP contribution < -0.4 is 24.8 Å². The molecule has 0 aliphatic carbocycles. The summed E-state index contributed by atoms with van der Waals surface area (Å²) in [5.74, 6) is 1.20. The van der Waals surface area contributed by atoms with Crippen LogP contribution in [-0.2, 0) is 22.6 Å². The Kier molecular flexibility index (Phi) is 5.89. The van der Waals surface area contributed by atoms with Crippen LogP contribution in [0.15, 0.2) is 42.5 Å². The lowest BCUT2D eigenvalue weighted by Gasteiger charge is -2.21. The zero-order valence-electron chi connectivity index (χ0n) is 18.0. The molecule has 2 aliphatic heterocycles. The van der Waals surface area contributed by atoms with E-state index in [0.29, 0.717) is 24.3 Å². The monoisotopic (exact) mass is 439 g/mol. The summed E-state index contributed by atoms with van der Waals surface area (Å²) in [5, 5.41) is 5.47. The number of imide groups is 1. The van der Waals surface area contributed by atoms with E-state index in [1.807, 2.05) is 30.3 Å². The molecule has 0 radical (unpaired) electrons. The SMILES string of the molecule is COc1ccc(CCC2(C)NC(=O)N(CC(=O)NCc3ccc4c(c3)OCO4)C2=O)cc1. The van der Waals surface area contributed by atoms with Crippen LogP contribution in [0.25, 0.3) is 0 Å². The fourth-order valence-corrected chi connectivity index (χ4v) is 3.70. The van der Waals surface area contributed by atoms with Crippen molar-refractivity contribution in [3.8, 4) is 17.2 Å². The largest absolute Gasteiger partial charge is 0.497 e. The molecule has 0 bridgehead atoms. The number of amides is 4. The van der Waals surface area contributed by atoms with E-state index in [0.717, 1.165) is 21.8 Å². The van der Waals surface area contributed by atoms with Gasteiger partial charge in [0.1, 0.15) is 17.8 Å². The Morgan fingerprint density at radius 2 is 1.84 bits per heavy atom. The van der Waals surface area contributed by atoms with Crippen LogP contribution in [0.1, 0.15) is 24.5 Å². The Hall–Kier alpha value is -3.75. The number of aryl methyl sites for hydroxylation is 1. The number of carbonyl (C=O) groups is 3. The fourth-order valence-electron chi connectivity index (χ4n) is 3.70. The second-order valence-corrected chi connectivity index (χ2v) is 7.97. The van der Waals surface area contributed by atoms with Crippen molar-refractivity contribution in [1.29, 1.82) is 0 Å². The lowest BCUT2D eigenvalue weighted by Crippen LogP contribution is -2.45. The number of fused-ring (bicyclic) bond motifs is 1. The third-order valence-corrected chi connectivity index (χ3v) is 5.65. The Bertz CT molecular complexity index is 1040. The lowest BCUT2D eigenvalue weighted by molar-refractivity contribution is -0.134. The molecule has 1 unspecified atom stereocenters. The molecule has 168 valence electrons. The third kappa shape index (κ3) is 4.46. The van der Waals surface area contributed by atoms with Gasteiger partial charge in [-0.1, -0.05) is 18.2 Å². The average Bonchev–Trinajstić information content (AvgIpc) is 3.35. The van der Waals surface area contributed by atoms with E-state index in [1.165, 1.54) is 0 Å². The predicted octanol–water partition coefficient (Wildman–Crippen LogP) is 1.98. The Morgan fingerprint density at radius 3 is 2.59 bits per heavy atom. The van der Waals surface area contributed by atoms with Crippen molar-refractivity contribution in [2.24, 2.45) is 0 Å². The standard InChI is InChI=1S/C23H25N3O6/c1-23(10-9-15-3-6-17(30-2)7-4-15)21(28)26(22(29)25-23)13-20(27)24-12-16-5-8-18-19(11-16)32-14-31-18/h3-8,11H,9-10,12-14H2,1-2H3,(H,24,27)(H,25,29). The van der Waals surface area contributed by atoms with Gasteiger partial charge in [0.25, 0.3) is 5.91 Å². The highest BCUT2D eigenvalue weighted by atomic mass is 16.7. The number of benzene rings is 2. The first-order valence-corrected chi connectivity index (χ1v) is 10.3. The summed E-state index contributed by atoms with van der Waals surface area (Å²) in [7, 11) is 1.60. The van der Waals surface area contributed by atoms with Gasteiger partial charge >= 0.3 is 6.03 Å². The summed E-state index contributed by atoms with van der Waals surface area (Å²) in [6.45, 7) is 1.76. The molecule has 0 saturated carbocycles. The van der Waals surface area contributed by atoms with Gasteiger partial charge in [-0.05, 0) is 55.2 Å². The van der Waals surface area contributed by atoms with Crippen molar-refractivity contribution in [2.75, 3.05) is 20.4 Å². The van der Waals surface area contributed by atoms with Gasteiger partial charge in [-0.2, -0.15) is 0 Å². The van der Waals surface area contributed by atoms with E-state index in [4.69, 9.17) is 14.2 Å². The van der Waals surface area contributed by atoms with E-state index in [-0.39, 0.29) is 19.9 Å². The number of nitrogens with zero attached hydrogens (tertiary/aromatic N) is 1. The minimum absolute atomic E-state index is 0.175. The number of hydrogen-bond donors (Lipinski definition) is 2. The van der Waals surface area contributed by atoms with Gasteiger partial charge in [0.05, 0.1) is 7.11 Å². The van der Waals surface area contributed by atoms with Crippen LogP contribution in [-0.4, -0.2) is 48.7 Å². The topological polar surface area (TPSA) is 106 Å². The molecular weight excluding hydrogens is 414 g/mol.